The van der Waals surface area contributed by atoms with Crippen LogP contribution in [0.25, 0.3) is 0 Å². The Hall–Kier alpha value is -0.120. The van der Waals surface area contributed by atoms with Gasteiger partial charge in [0.1, 0.15) is 0 Å². The summed E-state index contributed by atoms with van der Waals surface area (Å²) < 4.78 is 10.9. The van der Waals surface area contributed by atoms with Crippen molar-refractivity contribution in [2.45, 2.75) is 32.8 Å². The van der Waals surface area contributed by atoms with E-state index in [2.05, 4.69) is 19.2 Å². The lowest BCUT2D eigenvalue weighted by molar-refractivity contribution is 0.0415. The van der Waals surface area contributed by atoms with Gasteiger partial charge in [-0.15, -0.1) is 0 Å². The molecule has 1 aliphatic heterocycles. The Morgan fingerprint density at radius 2 is 2.36 bits per heavy atom. The Morgan fingerprint density at radius 3 is 3.00 bits per heavy atom. The van der Waals surface area contributed by atoms with Gasteiger partial charge in [0.05, 0.1) is 12.7 Å². The van der Waals surface area contributed by atoms with Crippen LogP contribution in [-0.2, 0) is 9.47 Å². The zero-order valence-electron chi connectivity index (χ0n) is 9.42. The van der Waals surface area contributed by atoms with Crippen molar-refractivity contribution >= 4 is 0 Å². The van der Waals surface area contributed by atoms with Crippen LogP contribution in [0.3, 0.4) is 0 Å². The molecule has 1 rings (SSSR count). The van der Waals surface area contributed by atoms with Gasteiger partial charge in [-0.1, -0.05) is 13.8 Å². The van der Waals surface area contributed by atoms with E-state index >= 15 is 0 Å². The van der Waals surface area contributed by atoms with Gasteiger partial charge < -0.3 is 14.8 Å². The maximum Gasteiger partial charge on any atom is 0.0830 e. The second kappa shape index (κ2) is 7.21. The van der Waals surface area contributed by atoms with Gasteiger partial charge in [0.2, 0.25) is 0 Å². The minimum atomic E-state index is 0.361. The van der Waals surface area contributed by atoms with E-state index in [9.17, 15) is 0 Å². The quantitative estimate of drug-likeness (QED) is 0.632. The first-order valence-corrected chi connectivity index (χ1v) is 5.69. The molecule has 0 aromatic heterocycles. The number of ether oxygens (including phenoxy) is 2. The number of hydrogen-bond donors (Lipinski definition) is 1. The van der Waals surface area contributed by atoms with Crippen LogP contribution in [0.15, 0.2) is 0 Å². The fraction of sp³-hybridized carbons (Fsp3) is 1.00. The van der Waals surface area contributed by atoms with Crippen LogP contribution >= 0.6 is 0 Å². The van der Waals surface area contributed by atoms with E-state index in [1.54, 1.807) is 0 Å². The second-order valence-corrected chi connectivity index (χ2v) is 4.31. The molecule has 3 heteroatoms. The minimum absolute atomic E-state index is 0.361. The smallest absolute Gasteiger partial charge is 0.0830 e. The molecular formula is C11H23NO2. The number of hydrogen-bond acceptors (Lipinski definition) is 3. The maximum absolute atomic E-state index is 5.64. The van der Waals surface area contributed by atoms with Gasteiger partial charge in [-0.05, 0) is 31.8 Å². The molecule has 1 aliphatic rings. The van der Waals surface area contributed by atoms with Gasteiger partial charge in [0, 0.05) is 13.2 Å². The third kappa shape index (κ3) is 5.58. The van der Waals surface area contributed by atoms with Crippen molar-refractivity contribution in [3.05, 3.63) is 0 Å². The average Bonchev–Trinajstić information content (AvgIpc) is 2.63. The molecule has 1 saturated heterocycles. The van der Waals surface area contributed by atoms with Crippen molar-refractivity contribution < 1.29 is 9.47 Å². The van der Waals surface area contributed by atoms with E-state index in [1.807, 2.05) is 0 Å². The molecule has 0 aromatic rings. The molecule has 1 fully saturated rings. The van der Waals surface area contributed by atoms with E-state index in [-0.39, 0.29) is 0 Å². The summed E-state index contributed by atoms with van der Waals surface area (Å²) in [6.45, 7) is 9.13. The molecular weight excluding hydrogens is 178 g/mol. The predicted molar refractivity (Wildman–Crippen MR) is 57.5 cm³/mol. The summed E-state index contributed by atoms with van der Waals surface area (Å²) in [5, 5.41) is 3.40. The highest BCUT2D eigenvalue weighted by Gasteiger charge is 2.14. The van der Waals surface area contributed by atoms with Crippen molar-refractivity contribution in [2.24, 2.45) is 5.92 Å². The van der Waals surface area contributed by atoms with Crippen molar-refractivity contribution in [3.8, 4) is 0 Å². The van der Waals surface area contributed by atoms with E-state index in [0.717, 1.165) is 51.7 Å². The van der Waals surface area contributed by atoms with Gasteiger partial charge in [-0.2, -0.15) is 0 Å². The number of nitrogens with one attached hydrogen (secondary N) is 1. The largest absolute Gasteiger partial charge is 0.379 e. The summed E-state index contributed by atoms with van der Waals surface area (Å²) in [6.07, 6.45) is 2.53. The molecule has 3 nitrogen and oxygen atoms in total. The van der Waals surface area contributed by atoms with Gasteiger partial charge in [0.15, 0.2) is 0 Å². The molecule has 84 valence electrons. The van der Waals surface area contributed by atoms with Crippen molar-refractivity contribution in [1.82, 2.24) is 5.32 Å². The standard InChI is InChI=1S/C11H23NO2/c1-10(2)8-12-5-3-6-14-11-4-7-13-9-11/h10-12H,3-9H2,1-2H3. The van der Waals surface area contributed by atoms with Crippen LogP contribution < -0.4 is 5.32 Å². The highest BCUT2D eigenvalue weighted by atomic mass is 16.5. The Bertz CT molecular complexity index is 133. The summed E-state index contributed by atoms with van der Waals surface area (Å²) >= 11 is 0. The zero-order valence-corrected chi connectivity index (χ0v) is 9.42. The summed E-state index contributed by atoms with van der Waals surface area (Å²) in [6, 6.07) is 0. The first-order chi connectivity index (χ1) is 6.79. The minimum Gasteiger partial charge on any atom is -0.379 e. The Kier molecular flexibility index (Phi) is 6.15. The highest BCUT2D eigenvalue weighted by Crippen LogP contribution is 2.07. The maximum atomic E-state index is 5.64. The molecule has 0 spiro atoms. The Labute approximate surface area is 87.2 Å². The summed E-state index contributed by atoms with van der Waals surface area (Å²) in [4.78, 5) is 0. The molecule has 0 amide bonds. The molecule has 1 heterocycles. The monoisotopic (exact) mass is 201 g/mol. The fourth-order valence-corrected chi connectivity index (χ4v) is 1.48. The van der Waals surface area contributed by atoms with Crippen LogP contribution in [-0.4, -0.2) is 39.0 Å². The molecule has 0 bridgehead atoms. The fourth-order valence-electron chi connectivity index (χ4n) is 1.48. The van der Waals surface area contributed by atoms with Crippen LogP contribution in [0.2, 0.25) is 0 Å². The van der Waals surface area contributed by atoms with Gasteiger partial charge >= 0.3 is 0 Å². The average molecular weight is 201 g/mol. The summed E-state index contributed by atoms with van der Waals surface area (Å²) in [5.74, 6) is 0.735. The van der Waals surface area contributed by atoms with Crippen molar-refractivity contribution in [1.29, 1.82) is 0 Å². The molecule has 0 radical (unpaired) electrons. The molecule has 0 aromatic carbocycles. The van der Waals surface area contributed by atoms with E-state index in [0.29, 0.717) is 6.10 Å². The van der Waals surface area contributed by atoms with Gasteiger partial charge in [-0.3, -0.25) is 0 Å². The summed E-state index contributed by atoms with van der Waals surface area (Å²) in [7, 11) is 0. The predicted octanol–water partition coefficient (Wildman–Crippen LogP) is 1.43. The van der Waals surface area contributed by atoms with E-state index < -0.39 is 0 Å². The van der Waals surface area contributed by atoms with Gasteiger partial charge in [0.25, 0.3) is 0 Å². The number of rotatable bonds is 7. The van der Waals surface area contributed by atoms with Crippen molar-refractivity contribution in [3.63, 3.8) is 0 Å². The topological polar surface area (TPSA) is 30.5 Å². The lowest BCUT2D eigenvalue weighted by atomic mass is 10.2. The normalized spacial score (nSPS) is 22.1. The van der Waals surface area contributed by atoms with E-state index in [4.69, 9.17) is 9.47 Å². The van der Waals surface area contributed by atoms with Crippen LogP contribution in [0.5, 0.6) is 0 Å². The first-order valence-electron chi connectivity index (χ1n) is 5.69. The molecule has 1 unspecified atom stereocenters. The third-order valence-electron chi connectivity index (χ3n) is 2.29. The first kappa shape index (κ1) is 12.0. The van der Waals surface area contributed by atoms with Crippen LogP contribution in [0.4, 0.5) is 0 Å². The third-order valence-corrected chi connectivity index (χ3v) is 2.29. The molecule has 0 aliphatic carbocycles. The zero-order chi connectivity index (χ0) is 10.2. The van der Waals surface area contributed by atoms with E-state index in [1.165, 1.54) is 0 Å². The lowest BCUT2D eigenvalue weighted by Crippen LogP contribution is -2.22. The molecule has 1 N–H and O–H groups in total. The lowest BCUT2D eigenvalue weighted by Gasteiger charge is -2.10. The van der Waals surface area contributed by atoms with Crippen molar-refractivity contribution in [2.75, 3.05) is 32.9 Å². The SMILES string of the molecule is CC(C)CNCCCOC1CCOC1. The molecule has 1 atom stereocenters. The van der Waals surface area contributed by atoms with Crippen LogP contribution in [0.1, 0.15) is 26.7 Å². The Balaban J connectivity index is 1.79. The summed E-state index contributed by atoms with van der Waals surface area (Å²) in [5.41, 5.74) is 0. The van der Waals surface area contributed by atoms with Crippen LogP contribution in [0, 0.1) is 5.92 Å². The Morgan fingerprint density at radius 1 is 1.50 bits per heavy atom. The highest BCUT2D eigenvalue weighted by molar-refractivity contribution is 4.62. The molecule has 14 heavy (non-hydrogen) atoms. The van der Waals surface area contributed by atoms with Gasteiger partial charge in [-0.25, -0.2) is 0 Å². The second-order valence-electron chi connectivity index (χ2n) is 4.31. The molecule has 0 saturated carbocycles.